The van der Waals surface area contributed by atoms with Crippen molar-refractivity contribution in [1.82, 2.24) is 0 Å². The molecule has 0 aromatic heterocycles. The monoisotopic (exact) mass is 247 g/mol. The van der Waals surface area contributed by atoms with E-state index in [2.05, 4.69) is 11.8 Å². The Labute approximate surface area is 108 Å². The van der Waals surface area contributed by atoms with Crippen LogP contribution in [0, 0.1) is 5.92 Å². The fraction of sp³-hybridized carbons (Fsp3) is 0.533. The summed E-state index contributed by atoms with van der Waals surface area (Å²) >= 11 is 0. The first-order valence-corrected chi connectivity index (χ1v) is 6.64. The van der Waals surface area contributed by atoms with Crippen LogP contribution >= 0.6 is 0 Å². The lowest BCUT2D eigenvalue weighted by atomic mass is 9.86. The van der Waals surface area contributed by atoms with Crippen LogP contribution in [-0.4, -0.2) is 24.2 Å². The van der Waals surface area contributed by atoms with E-state index in [1.54, 1.807) is 12.1 Å². The average Bonchev–Trinajstić information content (AvgIpc) is 2.38. The van der Waals surface area contributed by atoms with Crippen LogP contribution < -0.4 is 4.90 Å². The topological polar surface area (TPSA) is 40.5 Å². The van der Waals surface area contributed by atoms with Crippen molar-refractivity contribution in [2.24, 2.45) is 5.92 Å². The van der Waals surface area contributed by atoms with Gasteiger partial charge in [0.1, 0.15) is 0 Å². The molecule has 0 aliphatic heterocycles. The smallest absolute Gasteiger partial charge is 0.337 e. The third kappa shape index (κ3) is 2.66. The zero-order valence-electron chi connectivity index (χ0n) is 11.1. The van der Waals surface area contributed by atoms with Crippen molar-refractivity contribution in [1.29, 1.82) is 0 Å². The number of benzene rings is 1. The fourth-order valence-corrected chi connectivity index (χ4v) is 2.91. The molecule has 0 spiro atoms. The summed E-state index contributed by atoms with van der Waals surface area (Å²) in [6.07, 6.45) is 4.86. The van der Waals surface area contributed by atoms with Crippen molar-refractivity contribution in [3.8, 4) is 0 Å². The van der Waals surface area contributed by atoms with Crippen LogP contribution in [0.5, 0.6) is 0 Å². The zero-order valence-corrected chi connectivity index (χ0v) is 11.1. The molecule has 1 aliphatic rings. The van der Waals surface area contributed by atoms with Gasteiger partial charge in [-0.15, -0.1) is 0 Å². The lowest BCUT2D eigenvalue weighted by Crippen LogP contribution is -2.36. The number of nitrogens with zero attached hydrogens (tertiary/aromatic N) is 1. The van der Waals surface area contributed by atoms with Gasteiger partial charge in [-0.05, 0) is 30.9 Å². The maximum Gasteiger partial charge on any atom is 0.337 e. The van der Waals surface area contributed by atoms with E-state index in [0.29, 0.717) is 11.6 Å². The maximum atomic E-state index is 11.2. The molecule has 98 valence electrons. The average molecular weight is 247 g/mol. The van der Waals surface area contributed by atoms with Gasteiger partial charge in [-0.3, -0.25) is 0 Å². The largest absolute Gasteiger partial charge is 0.478 e. The summed E-state index contributed by atoms with van der Waals surface area (Å²) in [5, 5.41) is 9.24. The lowest BCUT2D eigenvalue weighted by molar-refractivity contribution is 0.0697. The highest BCUT2D eigenvalue weighted by molar-refractivity contribution is 5.94. The normalized spacial score (nSPS) is 23.7. The molecule has 2 unspecified atom stereocenters. The van der Waals surface area contributed by atoms with E-state index in [1.165, 1.54) is 12.8 Å². The third-order valence-electron chi connectivity index (χ3n) is 3.97. The van der Waals surface area contributed by atoms with Crippen LogP contribution in [0.3, 0.4) is 0 Å². The second-order valence-corrected chi connectivity index (χ2v) is 5.36. The SMILES string of the molecule is CC1CCCC(N(C)c2ccccc2C(=O)O)C1. The van der Waals surface area contributed by atoms with Crippen molar-refractivity contribution in [3.63, 3.8) is 0 Å². The molecule has 0 heterocycles. The molecule has 2 atom stereocenters. The number of rotatable bonds is 3. The van der Waals surface area contributed by atoms with E-state index in [9.17, 15) is 9.90 Å². The van der Waals surface area contributed by atoms with Crippen LogP contribution in [0.15, 0.2) is 24.3 Å². The second kappa shape index (κ2) is 5.42. The Morgan fingerprint density at radius 1 is 1.33 bits per heavy atom. The molecule has 18 heavy (non-hydrogen) atoms. The Bertz CT molecular complexity index is 430. The molecular weight excluding hydrogens is 226 g/mol. The van der Waals surface area contributed by atoms with Crippen molar-refractivity contribution < 1.29 is 9.90 Å². The molecule has 0 amide bonds. The highest BCUT2D eigenvalue weighted by atomic mass is 16.4. The van der Waals surface area contributed by atoms with Crippen LogP contribution in [-0.2, 0) is 0 Å². The Kier molecular flexibility index (Phi) is 3.90. The van der Waals surface area contributed by atoms with Gasteiger partial charge in [0.25, 0.3) is 0 Å². The van der Waals surface area contributed by atoms with Crippen LogP contribution in [0.25, 0.3) is 0 Å². The fourth-order valence-electron chi connectivity index (χ4n) is 2.91. The number of anilines is 1. The van der Waals surface area contributed by atoms with Gasteiger partial charge < -0.3 is 10.0 Å². The van der Waals surface area contributed by atoms with Gasteiger partial charge in [-0.1, -0.05) is 31.9 Å². The van der Waals surface area contributed by atoms with Gasteiger partial charge in [-0.2, -0.15) is 0 Å². The van der Waals surface area contributed by atoms with Gasteiger partial charge in [0.2, 0.25) is 0 Å². The van der Waals surface area contributed by atoms with Gasteiger partial charge in [0.15, 0.2) is 0 Å². The molecule has 0 saturated heterocycles. The zero-order chi connectivity index (χ0) is 13.1. The number of carboxylic acids is 1. The summed E-state index contributed by atoms with van der Waals surface area (Å²) < 4.78 is 0. The molecule has 1 fully saturated rings. The maximum absolute atomic E-state index is 11.2. The van der Waals surface area contributed by atoms with Gasteiger partial charge >= 0.3 is 5.97 Å². The Balaban J connectivity index is 2.22. The summed E-state index contributed by atoms with van der Waals surface area (Å²) in [5.74, 6) is -0.107. The predicted molar refractivity (Wildman–Crippen MR) is 73.2 cm³/mol. The highest BCUT2D eigenvalue weighted by Crippen LogP contribution is 2.31. The molecule has 1 saturated carbocycles. The molecule has 0 radical (unpaired) electrons. The summed E-state index contributed by atoms with van der Waals surface area (Å²) in [4.78, 5) is 13.4. The molecule has 1 aromatic rings. The predicted octanol–water partition coefficient (Wildman–Crippen LogP) is 3.40. The van der Waals surface area contributed by atoms with Crippen molar-refractivity contribution in [3.05, 3.63) is 29.8 Å². The molecular formula is C15H21NO2. The Hall–Kier alpha value is -1.51. The van der Waals surface area contributed by atoms with Crippen molar-refractivity contribution in [2.75, 3.05) is 11.9 Å². The number of para-hydroxylation sites is 1. The van der Waals surface area contributed by atoms with E-state index >= 15 is 0 Å². The van der Waals surface area contributed by atoms with Gasteiger partial charge in [0.05, 0.1) is 11.3 Å². The summed E-state index contributed by atoms with van der Waals surface area (Å²) in [5.41, 5.74) is 1.24. The molecule has 1 aliphatic carbocycles. The minimum Gasteiger partial charge on any atom is -0.478 e. The van der Waals surface area contributed by atoms with E-state index in [1.807, 2.05) is 19.2 Å². The number of carboxylic acid groups (broad SMARTS) is 1. The minimum absolute atomic E-state index is 0.401. The van der Waals surface area contributed by atoms with Gasteiger partial charge in [0, 0.05) is 13.1 Å². The lowest BCUT2D eigenvalue weighted by Gasteiger charge is -2.36. The summed E-state index contributed by atoms with van der Waals surface area (Å²) in [7, 11) is 2.02. The molecule has 0 bridgehead atoms. The van der Waals surface area contributed by atoms with E-state index < -0.39 is 5.97 Å². The minimum atomic E-state index is -0.846. The molecule has 3 nitrogen and oxygen atoms in total. The first-order chi connectivity index (χ1) is 8.59. The Morgan fingerprint density at radius 3 is 2.72 bits per heavy atom. The first-order valence-electron chi connectivity index (χ1n) is 6.64. The van der Waals surface area contributed by atoms with E-state index in [-0.39, 0.29) is 0 Å². The Morgan fingerprint density at radius 2 is 2.06 bits per heavy atom. The summed E-state index contributed by atoms with van der Waals surface area (Å²) in [6, 6.07) is 7.74. The van der Waals surface area contributed by atoms with Crippen molar-refractivity contribution >= 4 is 11.7 Å². The quantitative estimate of drug-likeness (QED) is 0.890. The van der Waals surface area contributed by atoms with E-state index in [0.717, 1.165) is 24.4 Å². The standard InChI is InChI=1S/C15H21NO2/c1-11-6-5-7-12(10-11)16(2)14-9-4-3-8-13(14)15(17)18/h3-4,8-9,11-12H,5-7,10H2,1-2H3,(H,17,18). The third-order valence-corrected chi connectivity index (χ3v) is 3.97. The number of hydrogen-bond acceptors (Lipinski definition) is 2. The van der Waals surface area contributed by atoms with Crippen LogP contribution in [0.4, 0.5) is 5.69 Å². The first kappa shape index (κ1) is 12.9. The van der Waals surface area contributed by atoms with Crippen molar-refractivity contribution in [2.45, 2.75) is 38.6 Å². The number of aromatic carboxylic acids is 1. The number of hydrogen-bond donors (Lipinski definition) is 1. The van der Waals surface area contributed by atoms with E-state index in [4.69, 9.17) is 0 Å². The van der Waals surface area contributed by atoms with Gasteiger partial charge in [-0.25, -0.2) is 4.79 Å². The number of carbonyl (C=O) groups is 1. The molecule has 1 N–H and O–H groups in total. The highest BCUT2D eigenvalue weighted by Gasteiger charge is 2.24. The molecule has 2 rings (SSSR count). The second-order valence-electron chi connectivity index (χ2n) is 5.36. The van der Waals surface area contributed by atoms with Crippen LogP contribution in [0.2, 0.25) is 0 Å². The molecule has 3 heteroatoms. The summed E-state index contributed by atoms with van der Waals surface area (Å²) in [6.45, 7) is 2.28. The van der Waals surface area contributed by atoms with Crippen LogP contribution in [0.1, 0.15) is 43.0 Å². The molecule has 1 aromatic carbocycles.